The van der Waals surface area contributed by atoms with Gasteiger partial charge in [-0.2, -0.15) is 0 Å². The Labute approximate surface area is 110 Å². The van der Waals surface area contributed by atoms with Gasteiger partial charge >= 0.3 is 0 Å². The summed E-state index contributed by atoms with van der Waals surface area (Å²) in [4.78, 5) is 17.8. The second-order valence-electron chi connectivity index (χ2n) is 3.68. The van der Waals surface area contributed by atoms with Crippen molar-refractivity contribution in [2.45, 2.75) is 13.3 Å². The lowest BCUT2D eigenvalue weighted by Crippen LogP contribution is -2.30. The van der Waals surface area contributed by atoms with Gasteiger partial charge < -0.3 is 0 Å². The van der Waals surface area contributed by atoms with Crippen molar-refractivity contribution < 1.29 is 4.79 Å². The monoisotopic (exact) mass is 268 g/mol. The van der Waals surface area contributed by atoms with Crippen LogP contribution in [0.25, 0.3) is 0 Å². The number of rotatable bonds is 3. The number of carbonyl (C=O) groups is 1. The van der Waals surface area contributed by atoms with Gasteiger partial charge in [-0.25, -0.2) is 4.99 Å². The van der Waals surface area contributed by atoms with E-state index in [0.29, 0.717) is 16.5 Å². The van der Waals surface area contributed by atoms with Crippen molar-refractivity contribution >= 4 is 40.1 Å². The minimum absolute atomic E-state index is 0.127. The fraction of sp³-hybridized carbons (Fsp3) is 0.333. The van der Waals surface area contributed by atoms with Gasteiger partial charge in [0.15, 0.2) is 5.17 Å². The molecule has 0 N–H and O–H groups in total. The minimum Gasteiger partial charge on any atom is -0.291 e. The van der Waals surface area contributed by atoms with Crippen molar-refractivity contribution in [1.82, 2.24) is 4.90 Å². The molecule has 0 spiro atoms. The topological polar surface area (TPSA) is 32.7 Å². The maximum absolute atomic E-state index is 11.6. The van der Waals surface area contributed by atoms with Crippen LogP contribution in [0.15, 0.2) is 29.3 Å². The third kappa shape index (κ3) is 2.82. The summed E-state index contributed by atoms with van der Waals surface area (Å²) in [5.41, 5.74) is 0.715. The highest BCUT2D eigenvalue weighted by Gasteiger charge is 2.27. The van der Waals surface area contributed by atoms with Crippen molar-refractivity contribution in [3.8, 4) is 0 Å². The molecule has 1 aromatic carbocycles. The summed E-state index contributed by atoms with van der Waals surface area (Å²) in [5.74, 6) is 0.603. The average molecular weight is 269 g/mol. The molecule has 0 bridgehead atoms. The molecule has 0 atom stereocenters. The Morgan fingerprint density at radius 1 is 1.47 bits per heavy atom. The lowest BCUT2D eigenvalue weighted by atomic mass is 10.3. The second kappa shape index (κ2) is 5.56. The Kier molecular flexibility index (Phi) is 4.07. The fourth-order valence-electron chi connectivity index (χ4n) is 1.57. The maximum atomic E-state index is 11.6. The van der Waals surface area contributed by atoms with Gasteiger partial charge in [0.05, 0.1) is 16.5 Å². The van der Waals surface area contributed by atoms with Crippen molar-refractivity contribution in [2.24, 2.45) is 4.99 Å². The Balaban J connectivity index is 2.27. The van der Waals surface area contributed by atoms with Crippen LogP contribution >= 0.6 is 23.4 Å². The van der Waals surface area contributed by atoms with E-state index in [2.05, 4.69) is 4.99 Å². The number of thioether (sulfide) groups is 1. The fourth-order valence-corrected chi connectivity index (χ4v) is 2.67. The number of carbonyl (C=O) groups excluding carboxylic acids is 1. The van der Waals surface area contributed by atoms with Gasteiger partial charge in [0.2, 0.25) is 5.91 Å². The summed E-state index contributed by atoms with van der Waals surface area (Å²) >= 11 is 7.51. The molecule has 0 aliphatic carbocycles. The minimum atomic E-state index is 0.127. The largest absolute Gasteiger partial charge is 0.291 e. The first-order valence-electron chi connectivity index (χ1n) is 5.48. The van der Waals surface area contributed by atoms with Gasteiger partial charge in [-0.3, -0.25) is 9.69 Å². The van der Waals surface area contributed by atoms with E-state index in [4.69, 9.17) is 11.6 Å². The van der Waals surface area contributed by atoms with Crippen LogP contribution in [-0.2, 0) is 4.79 Å². The average Bonchev–Trinajstić information content (AvgIpc) is 2.65. The van der Waals surface area contributed by atoms with E-state index in [-0.39, 0.29) is 5.91 Å². The molecule has 90 valence electrons. The molecule has 5 heteroatoms. The molecule has 0 aromatic heterocycles. The van der Waals surface area contributed by atoms with Crippen molar-refractivity contribution in [3.05, 3.63) is 29.3 Å². The zero-order valence-electron chi connectivity index (χ0n) is 9.52. The van der Waals surface area contributed by atoms with E-state index in [1.54, 1.807) is 11.0 Å². The summed E-state index contributed by atoms with van der Waals surface area (Å²) in [6, 6.07) is 7.40. The first-order chi connectivity index (χ1) is 8.22. The lowest BCUT2D eigenvalue weighted by molar-refractivity contribution is -0.124. The molecule has 1 saturated heterocycles. The van der Waals surface area contributed by atoms with Gasteiger partial charge in [0.25, 0.3) is 0 Å². The van der Waals surface area contributed by atoms with E-state index >= 15 is 0 Å². The smallest absolute Gasteiger partial charge is 0.239 e. The number of benzene rings is 1. The molecule has 3 nitrogen and oxygen atoms in total. The first-order valence-corrected chi connectivity index (χ1v) is 6.85. The molecule has 1 aliphatic rings. The molecule has 1 amide bonds. The van der Waals surface area contributed by atoms with E-state index in [9.17, 15) is 4.79 Å². The van der Waals surface area contributed by atoms with Crippen molar-refractivity contribution in [2.75, 3.05) is 12.3 Å². The number of amides is 1. The molecule has 1 aliphatic heterocycles. The second-order valence-corrected chi connectivity index (χ2v) is 5.03. The third-order valence-electron chi connectivity index (χ3n) is 2.37. The molecule has 1 fully saturated rings. The van der Waals surface area contributed by atoms with Crippen molar-refractivity contribution in [3.63, 3.8) is 0 Å². The number of halogens is 1. The van der Waals surface area contributed by atoms with Crippen LogP contribution in [0.1, 0.15) is 13.3 Å². The van der Waals surface area contributed by atoms with E-state index < -0.39 is 0 Å². The number of para-hydroxylation sites is 1. The van der Waals surface area contributed by atoms with Crippen LogP contribution in [0, 0.1) is 0 Å². The molecular weight excluding hydrogens is 256 g/mol. The van der Waals surface area contributed by atoms with Crippen LogP contribution < -0.4 is 0 Å². The lowest BCUT2D eigenvalue weighted by Gasteiger charge is -2.14. The maximum Gasteiger partial charge on any atom is 0.239 e. The predicted octanol–water partition coefficient (Wildman–Crippen LogP) is 3.31. The Hall–Kier alpha value is -1.00. The number of hydrogen-bond donors (Lipinski definition) is 0. The molecule has 2 rings (SSSR count). The molecule has 17 heavy (non-hydrogen) atoms. The van der Waals surface area contributed by atoms with Gasteiger partial charge in [0, 0.05) is 6.54 Å². The zero-order chi connectivity index (χ0) is 12.3. The predicted molar refractivity (Wildman–Crippen MR) is 73.0 cm³/mol. The van der Waals surface area contributed by atoms with Crippen LogP contribution in [0.4, 0.5) is 5.69 Å². The highest BCUT2D eigenvalue weighted by atomic mass is 35.5. The number of hydrogen-bond acceptors (Lipinski definition) is 3. The highest BCUT2D eigenvalue weighted by molar-refractivity contribution is 8.15. The molecule has 0 radical (unpaired) electrons. The molecule has 0 saturated carbocycles. The van der Waals surface area contributed by atoms with Crippen LogP contribution in [0.2, 0.25) is 5.02 Å². The summed E-state index contributed by atoms with van der Waals surface area (Å²) < 4.78 is 0. The normalized spacial score (nSPS) is 18.1. The van der Waals surface area contributed by atoms with Gasteiger partial charge in [0.1, 0.15) is 0 Å². The quantitative estimate of drug-likeness (QED) is 0.842. The number of amidine groups is 1. The summed E-state index contributed by atoms with van der Waals surface area (Å²) in [7, 11) is 0. The van der Waals surface area contributed by atoms with Gasteiger partial charge in [-0.1, -0.05) is 42.4 Å². The Morgan fingerprint density at radius 3 is 2.94 bits per heavy atom. The van der Waals surface area contributed by atoms with Crippen LogP contribution in [0.5, 0.6) is 0 Å². The molecule has 0 unspecified atom stereocenters. The Morgan fingerprint density at radius 2 is 2.24 bits per heavy atom. The standard InChI is InChI=1S/C12H13ClN2OS/c1-2-7-15-11(16)8-17-12(15)14-10-6-4-3-5-9(10)13/h3-6H,2,7-8H2,1H3. The van der Waals surface area contributed by atoms with Crippen LogP contribution in [-0.4, -0.2) is 28.3 Å². The summed E-state index contributed by atoms with van der Waals surface area (Å²) in [6.07, 6.45) is 0.924. The Bertz CT molecular complexity index is 462. The molecular formula is C12H13ClN2OS. The van der Waals surface area contributed by atoms with Crippen molar-refractivity contribution in [1.29, 1.82) is 0 Å². The van der Waals surface area contributed by atoms with Gasteiger partial charge in [-0.15, -0.1) is 0 Å². The SMILES string of the molecule is CCCN1C(=O)CSC1=Nc1ccccc1Cl. The highest BCUT2D eigenvalue weighted by Crippen LogP contribution is 2.28. The van der Waals surface area contributed by atoms with E-state index in [1.165, 1.54) is 11.8 Å². The summed E-state index contributed by atoms with van der Waals surface area (Å²) in [5, 5.41) is 1.36. The number of aliphatic imine (C=N–C) groups is 1. The molecule has 1 heterocycles. The van der Waals surface area contributed by atoms with Crippen LogP contribution in [0.3, 0.4) is 0 Å². The number of nitrogens with zero attached hydrogens (tertiary/aromatic N) is 2. The summed E-state index contributed by atoms with van der Waals surface area (Å²) in [6.45, 7) is 2.76. The molecule has 1 aromatic rings. The van der Waals surface area contributed by atoms with E-state index in [0.717, 1.165) is 18.1 Å². The van der Waals surface area contributed by atoms with E-state index in [1.807, 2.05) is 25.1 Å². The van der Waals surface area contributed by atoms with Gasteiger partial charge in [-0.05, 0) is 18.6 Å². The third-order valence-corrected chi connectivity index (χ3v) is 3.65. The zero-order valence-corrected chi connectivity index (χ0v) is 11.1. The first kappa shape index (κ1) is 12.5.